The summed E-state index contributed by atoms with van der Waals surface area (Å²) in [5.74, 6) is 0.709. The first-order valence-electron chi connectivity index (χ1n) is 3.71. The van der Waals surface area contributed by atoms with Crippen LogP contribution in [0.25, 0.3) is 0 Å². The molecule has 2 nitrogen and oxygen atoms in total. The van der Waals surface area contributed by atoms with Crippen molar-refractivity contribution < 1.29 is 9.53 Å². The minimum atomic E-state index is -0.443. The Balaban J connectivity index is 3.52. The van der Waals surface area contributed by atoms with Crippen LogP contribution in [0.1, 0.15) is 15.9 Å². The third-order valence-corrected chi connectivity index (χ3v) is 3.79. The van der Waals surface area contributed by atoms with Crippen LogP contribution in [0.15, 0.2) is 6.07 Å². The monoisotopic (exact) mass is 436 g/mol. The van der Waals surface area contributed by atoms with E-state index in [0.29, 0.717) is 11.3 Å². The maximum Gasteiger partial charge on any atom is 0.253 e. The van der Waals surface area contributed by atoms with Gasteiger partial charge in [-0.3, -0.25) is 4.79 Å². The van der Waals surface area contributed by atoms with E-state index in [2.05, 4.69) is 45.2 Å². The maximum atomic E-state index is 11.2. The van der Waals surface area contributed by atoms with Crippen LogP contribution in [-0.4, -0.2) is 12.4 Å². The quantitative estimate of drug-likeness (QED) is 0.523. The van der Waals surface area contributed by atoms with Crippen molar-refractivity contribution in [2.24, 2.45) is 0 Å². The number of carbonyl (C=O) groups is 1. The summed E-state index contributed by atoms with van der Waals surface area (Å²) in [6.45, 7) is 1.86. The molecule has 0 aliphatic heterocycles. The van der Waals surface area contributed by atoms with Gasteiger partial charge in [-0.2, -0.15) is 0 Å². The summed E-state index contributed by atoms with van der Waals surface area (Å²) in [5.41, 5.74) is 1.41. The van der Waals surface area contributed by atoms with Crippen LogP contribution in [0, 0.1) is 14.1 Å². The molecule has 1 rings (SSSR count). The smallest absolute Gasteiger partial charge is 0.253 e. The Kier molecular flexibility index (Phi) is 4.45. The van der Waals surface area contributed by atoms with E-state index in [1.165, 1.54) is 0 Å². The van der Waals surface area contributed by atoms with Crippen molar-refractivity contribution in [3.05, 3.63) is 24.3 Å². The molecule has 14 heavy (non-hydrogen) atoms. The van der Waals surface area contributed by atoms with Gasteiger partial charge in [0.25, 0.3) is 5.24 Å². The van der Waals surface area contributed by atoms with Gasteiger partial charge in [0.05, 0.1) is 19.8 Å². The Labute approximate surface area is 115 Å². The predicted octanol–water partition coefficient (Wildman–Crippen LogP) is 3.59. The summed E-state index contributed by atoms with van der Waals surface area (Å²) in [6, 6.07) is 1.89. The van der Waals surface area contributed by atoms with Gasteiger partial charge in [-0.25, -0.2) is 0 Å². The molecular formula is C9H7ClI2O2. The van der Waals surface area contributed by atoms with E-state index in [1.54, 1.807) is 7.11 Å². The number of methoxy groups -OCH3 is 1. The minimum absolute atomic E-state index is 0.443. The highest BCUT2D eigenvalue weighted by molar-refractivity contribution is 14.1. The van der Waals surface area contributed by atoms with Gasteiger partial charge in [0.1, 0.15) is 5.75 Å². The fourth-order valence-corrected chi connectivity index (χ4v) is 4.20. The van der Waals surface area contributed by atoms with Crippen molar-refractivity contribution in [1.29, 1.82) is 0 Å². The van der Waals surface area contributed by atoms with Crippen LogP contribution in [0.3, 0.4) is 0 Å². The second kappa shape index (κ2) is 4.98. The van der Waals surface area contributed by atoms with Crippen molar-refractivity contribution in [2.75, 3.05) is 7.11 Å². The zero-order valence-corrected chi connectivity index (χ0v) is 12.6. The van der Waals surface area contributed by atoms with Crippen LogP contribution < -0.4 is 4.74 Å². The Bertz CT molecular complexity index is 391. The molecule has 0 aliphatic rings. The van der Waals surface area contributed by atoms with Crippen molar-refractivity contribution in [3.8, 4) is 5.75 Å². The molecule has 1 aromatic carbocycles. The number of hydrogen-bond donors (Lipinski definition) is 0. The Morgan fingerprint density at radius 3 is 2.50 bits per heavy atom. The zero-order chi connectivity index (χ0) is 10.9. The van der Waals surface area contributed by atoms with Crippen molar-refractivity contribution >= 4 is 62.0 Å². The number of aryl methyl sites for hydroxylation is 1. The number of benzene rings is 1. The third kappa shape index (κ3) is 2.33. The molecule has 0 heterocycles. The highest BCUT2D eigenvalue weighted by Gasteiger charge is 2.17. The highest BCUT2D eigenvalue weighted by atomic mass is 127. The van der Waals surface area contributed by atoms with E-state index in [9.17, 15) is 4.79 Å². The molecule has 0 atom stereocenters. The number of hydrogen-bond acceptors (Lipinski definition) is 2. The van der Waals surface area contributed by atoms with E-state index in [1.807, 2.05) is 13.0 Å². The molecule has 0 saturated heterocycles. The van der Waals surface area contributed by atoms with Gasteiger partial charge in [0, 0.05) is 0 Å². The van der Waals surface area contributed by atoms with E-state index in [-0.39, 0.29) is 0 Å². The van der Waals surface area contributed by atoms with Gasteiger partial charge >= 0.3 is 0 Å². The van der Waals surface area contributed by atoms with Gasteiger partial charge in [0.15, 0.2) is 0 Å². The highest BCUT2D eigenvalue weighted by Crippen LogP contribution is 2.32. The normalized spacial score (nSPS) is 10.1. The molecule has 5 heteroatoms. The molecule has 0 aromatic heterocycles. The molecule has 0 saturated carbocycles. The Morgan fingerprint density at radius 1 is 1.50 bits per heavy atom. The van der Waals surface area contributed by atoms with Crippen LogP contribution in [0.5, 0.6) is 5.75 Å². The first kappa shape index (κ1) is 12.5. The van der Waals surface area contributed by atoms with Crippen LogP contribution in [-0.2, 0) is 0 Å². The average molecular weight is 436 g/mol. The minimum Gasteiger partial charge on any atom is -0.495 e. The molecule has 0 fully saturated rings. The van der Waals surface area contributed by atoms with Gasteiger partial charge in [-0.15, -0.1) is 0 Å². The first-order chi connectivity index (χ1) is 6.49. The Hall–Kier alpha value is 0.440. The molecule has 0 spiro atoms. The molecule has 0 bridgehead atoms. The lowest BCUT2D eigenvalue weighted by molar-refractivity contribution is 0.107. The SMILES string of the molecule is COc1c(I)cc(C)c(C(=O)Cl)c1I. The van der Waals surface area contributed by atoms with Crippen LogP contribution in [0.4, 0.5) is 0 Å². The van der Waals surface area contributed by atoms with E-state index in [0.717, 1.165) is 12.7 Å². The van der Waals surface area contributed by atoms with Crippen molar-refractivity contribution in [3.63, 3.8) is 0 Å². The average Bonchev–Trinajstić information content (AvgIpc) is 2.02. The fraction of sp³-hybridized carbons (Fsp3) is 0.222. The first-order valence-corrected chi connectivity index (χ1v) is 6.25. The summed E-state index contributed by atoms with van der Waals surface area (Å²) in [4.78, 5) is 11.2. The standard InChI is InChI=1S/C9H7ClI2O2/c1-4-3-5(11)8(14-2)7(12)6(4)9(10)13/h3H,1-2H3. The van der Waals surface area contributed by atoms with Gasteiger partial charge in [-0.1, -0.05) is 0 Å². The number of rotatable bonds is 2. The third-order valence-electron chi connectivity index (χ3n) is 1.77. The molecular weight excluding hydrogens is 429 g/mol. The Morgan fingerprint density at radius 2 is 2.07 bits per heavy atom. The number of carbonyl (C=O) groups excluding carboxylic acids is 1. The van der Waals surface area contributed by atoms with Crippen molar-refractivity contribution in [2.45, 2.75) is 6.92 Å². The second-order valence-electron chi connectivity index (χ2n) is 2.67. The van der Waals surface area contributed by atoms with E-state index in [4.69, 9.17) is 16.3 Å². The molecule has 1 aromatic rings. The van der Waals surface area contributed by atoms with Gasteiger partial charge in [0.2, 0.25) is 0 Å². The predicted molar refractivity (Wildman–Crippen MR) is 73.3 cm³/mol. The second-order valence-corrected chi connectivity index (χ2v) is 5.26. The summed E-state index contributed by atoms with van der Waals surface area (Å²) < 4.78 is 6.95. The molecule has 76 valence electrons. The largest absolute Gasteiger partial charge is 0.495 e. The molecule has 0 N–H and O–H groups in total. The van der Waals surface area contributed by atoms with Gasteiger partial charge < -0.3 is 4.74 Å². The van der Waals surface area contributed by atoms with E-state index >= 15 is 0 Å². The lowest BCUT2D eigenvalue weighted by Gasteiger charge is -2.11. The number of halogens is 3. The lowest BCUT2D eigenvalue weighted by Crippen LogP contribution is -2.02. The maximum absolute atomic E-state index is 11.2. The van der Waals surface area contributed by atoms with Gasteiger partial charge in [-0.05, 0) is 75.3 Å². The summed E-state index contributed by atoms with van der Waals surface area (Å²) in [6.07, 6.45) is 0. The lowest BCUT2D eigenvalue weighted by atomic mass is 10.1. The molecule has 0 amide bonds. The topological polar surface area (TPSA) is 26.3 Å². The molecule has 0 unspecified atom stereocenters. The number of ether oxygens (including phenoxy) is 1. The van der Waals surface area contributed by atoms with Crippen LogP contribution >= 0.6 is 56.8 Å². The fourth-order valence-electron chi connectivity index (χ4n) is 1.15. The summed E-state index contributed by atoms with van der Waals surface area (Å²) in [7, 11) is 1.58. The van der Waals surface area contributed by atoms with Crippen molar-refractivity contribution in [1.82, 2.24) is 0 Å². The molecule has 0 aliphatic carbocycles. The summed E-state index contributed by atoms with van der Waals surface area (Å²) >= 11 is 9.73. The molecule has 0 radical (unpaired) electrons. The van der Waals surface area contributed by atoms with Crippen LogP contribution in [0.2, 0.25) is 0 Å². The summed E-state index contributed by atoms with van der Waals surface area (Å²) in [5, 5.41) is -0.443. The zero-order valence-electron chi connectivity index (χ0n) is 7.53. The van der Waals surface area contributed by atoms with E-state index < -0.39 is 5.24 Å².